The number of nitrogens with zero attached hydrogens (tertiary/aromatic N) is 1. The Kier molecular flexibility index (Phi) is 7.27. The van der Waals surface area contributed by atoms with Crippen LogP contribution in [0.3, 0.4) is 0 Å². The summed E-state index contributed by atoms with van der Waals surface area (Å²) in [6, 6.07) is 28.8. The molecular weight excluding hydrogens is 368 g/mol. The molecule has 0 aliphatic rings. The molecule has 3 rings (SSSR count). The number of hydrogen-bond donors (Lipinski definition) is 1. The molecule has 3 aromatic carbocycles. The molecule has 1 N–H and O–H groups in total. The molecule has 4 nitrogen and oxygen atoms in total. The van der Waals surface area contributed by atoms with Crippen LogP contribution in [0.1, 0.15) is 5.56 Å². The van der Waals surface area contributed by atoms with Crippen molar-refractivity contribution in [2.24, 2.45) is 0 Å². The van der Waals surface area contributed by atoms with Crippen molar-refractivity contribution in [3.63, 3.8) is 0 Å². The summed E-state index contributed by atoms with van der Waals surface area (Å²) in [5.41, 5.74) is 2.67. The average molecular weight is 391 g/mol. The first-order valence-electron chi connectivity index (χ1n) is 9.04. The van der Waals surface area contributed by atoms with E-state index in [0.717, 1.165) is 16.9 Å². The summed E-state index contributed by atoms with van der Waals surface area (Å²) < 4.78 is 0. The molecule has 0 heterocycles. The zero-order valence-corrected chi connectivity index (χ0v) is 16.3. The third kappa shape index (κ3) is 5.99. The quantitative estimate of drug-likeness (QED) is 0.612. The fourth-order valence-corrected chi connectivity index (χ4v) is 3.41. The number of carbonyl (C=O) groups excluding carboxylic acids is 2. The molecule has 0 fully saturated rings. The predicted molar refractivity (Wildman–Crippen MR) is 116 cm³/mol. The highest BCUT2D eigenvalue weighted by Gasteiger charge is 2.16. The number of thioether (sulfide) groups is 1. The van der Waals surface area contributed by atoms with Crippen molar-refractivity contribution < 1.29 is 9.59 Å². The van der Waals surface area contributed by atoms with E-state index in [9.17, 15) is 9.59 Å². The van der Waals surface area contributed by atoms with E-state index in [1.807, 2.05) is 91.0 Å². The third-order valence-corrected chi connectivity index (χ3v) is 4.99. The molecule has 0 radical (unpaired) electrons. The smallest absolute Gasteiger partial charge is 0.237 e. The van der Waals surface area contributed by atoms with E-state index in [0.29, 0.717) is 6.54 Å². The number of hydrogen-bond acceptors (Lipinski definition) is 3. The fourth-order valence-electron chi connectivity index (χ4n) is 2.72. The first-order chi connectivity index (χ1) is 13.7. The molecule has 0 bridgehead atoms. The van der Waals surface area contributed by atoms with Crippen LogP contribution in [0.5, 0.6) is 0 Å². The van der Waals surface area contributed by atoms with Crippen molar-refractivity contribution >= 4 is 35.0 Å². The Hall–Kier alpha value is -3.05. The van der Waals surface area contributed by atoms with Crippen molar-refractivity contribution in [3.8, 4) is 0 Å². The van der Waals surface area contributed by atoms with Gasteiger partial charge < -0.3 is 10.2 Å². The molecule has 142 valence electrons. The lowest BCUT2D eigenvalue weighted by molar-refractivity contribution is -0.116. The largest absolute Gasteiger partial charge is 0.325 e. The lowest BCUT2D eigenvalue weighted by atomic mass is 10.2. The SMILES string of the molecule is O=C(CSCC(=O)N(Cc1ccccc1)c1ccccc1)Nc1ccccc1. The van der Waals surface area contributed by atoms with E-state index >= 15 is 0 Å². The van der Waals surface area contributed by atoms with Crippen LogP contribution in [0.2, 0.25) is 0 Å². The van der Waals surface area contributed by atoms with Gasteiger partial charge in [0.1, 0.15) is 0 Å². The summed E-state index contributed by atoms with van der Waals surface area (Å²) in [5, 5.41) is 2.83. The number of rotatable bonds is 8. The highest BCUT2D eigenvalue weighted by atomic mass is 32.2. The summed E-state index contributed by atoms with van der Waals surface area (Å²) in [4.78, 5) is 26.7. The number of anilines is 2. The molecule has 0 aromatic heterocycles. The molecule has 0 aliphatic carbocycles. The Balaban J connectivity index is 1.57. The Morgan fingerprint density at radius 3 is 1.96 bits per heavy atom. The molecule has 2 amide bonds. The highest BCUT2D eigenvalue weighted by Crippen LogP contribution is 2.19. The molecular formula is C23H22N2O2S. The Morgan fingerprint density at radius 1 is 0.750 bits per heavy atom. The van der Waals surface area contributed by atoms with E-state index < -0.39 is 0 Å². The molecule has 3 aromatic rings. The Bertz CT molecular complexity index is 886. The molecule has 0 saturated carbocycles. The minimum Gasteiger partial charge on any atom is -0.325 e. The van der Waals surface area contributed by atoms with Gasteiger partial charge in [0.05, 0.1) is 18.1 Å². The molecule has 0 unspecified atom stereocenters. The normalized spacial score (nSPS) is 10.3. The lowest BCUT2D eigenvalue weighted by Crippen LogP contribution is -2.32. The maximum Gasteiger partial charge on any atom is 0.237 e. The van der Waals surface area contributed by atoms with Gasteiger partial charge in [-0.05, 0) is 29.8 Å². The molecule has 0 atom stereocenters. The maximum atomic E-state index is 12.9. The Labute approximate surface area is 169 Å². The first-order valence-corrected chi connectivity index (χ1v) is 10.2. The van der Waals surface area contributed by atoms with Crippen LogP contribution in [-0.4, -0.2) is 23.3 Å². The van der Waals surface area contributed by atoms with Gasteiger partial charge in [-0.15, -0.1) is 11.8 Å². The lowest BCUT2D eigenvalue weighted by Gasteiger charge is -2.23. The second kappa shape index (κ2) is 10.3. The van der Waals surface area contributed by atoms with E-state index in [-0.39, 0.29) is 23.3 Å². The maximum absolute atomic E-state index is 12.9. The Morgan fingerprint density at radius 2 is 1.32 bits per heavy atom. The van der Waals surface area contributed by atoms with Crippen LogP contribution >= 0.6 is 11.8 Å². The number of nitrogens with one attached hydrogen (secondary N) is 1. The molecule has 0 aliphatic heterocycles. The van der Waals surface area contributed by atoms with Gasteiger partial charge in [0.15, 0.2) is 0 Å². The van der Waals surface area contributed by atoms with Gasteiger partial charge in [-0.25, -0.2) is 0 Å². The number of benzene rings is 3. The topological polar surface area (TPSA) is 49.4 Å². The zero-order valence-electron chi connectivity index (χ0n) is 15.5. The zero-order chi connectivity index (χ0) is 19.6. The number of carbonyl (C=O) groups is 2. The molecule has 5 heteroatoms. The fraction of sp³-hybridized carbons (Fsp3) is 0.130. The summed E-state index contributed by atoms with van der Waals surface area (Å²) in [5.74, 6) is 0.337. The van der Waals surface area contributed by atoms with Crippen molar-refractivity contribution in [1.29, 1.82) is 0 Å². The molecule has 0 saturated heterocycles. The number of para-hydroxylation sites is 2. The third-order valence-electron chi connectivity index (χ3n) is 4.07. The second-order valence-electron chi connectivity index (χ2n) is 6.21. The van der Waals surface area contributed by atoms with E-state index in [1.165, 1.54) is 11.8 Å². The minimum absolute atomic E-state index is 0.0208. The van der Waals surface area contributed by atoms with Crippen LogP contribution in [0.15, 0.2) is 91.0 Å². The van der Waals surface area contributed by atoms with Crippen LogP contribution in [0.25, 0.3) is 0 Å². The van der Waals surface area contributed by atoms with Gasteiger partial charge in [-0.3, -0.25) is 9.59 Å². The minimum atomic E-state index is -0.113. The number of amides is 2. The van der Waals surface area contributed by atoms with Gasteiger partial charge in [0.25, 0.3) is 0 Å². The first kappa shape index (κ1) is 19.7. The van der Waals surface area contributed by atoms with Gasteiger partial charge >= 0.3 is 0 Å². The van der Waals surface area contributed by atoms with Crippen LogP contribution in [-0.2, 0) is 16.1 Å². The highest BCUT2D eigenvalue weighted by molar-refractivity contribution is 8.00. The second-order valence-corrected chi connectivity index (χ2v) is 7.19. The summed E-state index contributed by atoms with van der Waals surface area (Å²) in [6.45, 7) is 0.500. The van der Waals surface area contributed by atoms with Crippen molar-refractivity contribution in [2.45, 2.75) is 6.54 Å². The van der Waals surface area contributed by atoms with Crippen molar-refractivity contribution in [1.82, 2.24) is 0 Å². The van der Waals surface area contributed by atoms with Crippen molar-refractivity contribution in [2.75, 3.05) is 21.7 Å². The molecule has 0 spiro atoms. The van der Waals surface area contributed by atoms with Crippen LogP contribution < -0.4 is 10.2 Å². The predicted octanol–water partition coefficient (Wildman–Crippen LogP) is 4.59. The average Bonchev–Trinajstić information content (AvgIpc) is 2.74. The van der Waals surface area contributed by atoms with E-state index in [4.69, 9.17) is 0 Å². The summed E-state index contributed by atoms with van der Waals surface area (Å²) in [7, 11) is 0. The van der Waals surface area contributed by atoms with Crippen LogP contribution in [0, 0.1) is 0 Å². The van der Waals surface area contributed by atoms with Gasteiger partial charge in [0, 0.05) is 11.4 Å². The van der Waals surface area contributed by atoms with Gasteiger partial charge in [0.2, 0.25) is 11.8 Å². The van der Waals surface area contributed by atoms with Crippen molar-refractivity contribution in [3.05, 3.63) is 96.6 Å². The van der Waals surface area contributed by atoms with Gasteiger partial charge in [-0.1, -0.05) is 66.7 Å². The van der Waals surface area contributed by atoms with Gasteiger partial charge in [-0.2, -0.15) is 0 Å². The molecule has 28 heavy (non-hydrogen) atoms. The summed E-state index contributed by atoms with van der Waals surface area (Å²) in [6.07, 6.45) is 0. The van der Waals surface area contributed by atoms with E-state index in [1.54, 1.807) is 4.90 Å². The van der Waals surface area contributed by atoms with E-state index in [2.05, 4.69) is 5.32 Å². The summed E-state index contributed by atoms with van der Waals surface area (Å²) >= 11 is 1.32. The standard InChI is InChI=1S/C23H22N2O2S/c26-22(24-20-12-6-2-7-13-20)17-28-18-23(27)25(21-14-8-3-9-15-21)16-19-10-4-1-5-11-19/h1-15H,16-18H2,(H,24,26). The van der Waals surface area contributed by atoms with Crippen LogP contribution in [0.4, 0.5) is 11.4 Å². The monoisotopic (exact) mass is 390 g/mol.